The summed E-state index contributed by atoms with van der Waals surface area (Å²) in [5.41, 5.74) is 6.71. The van der Waals surface area contributed by atoms with Crippen LogP contribution in [-0.2, 0) is 38.6 Å². The van der Waals surface area contributed by atoms with Crippen LogP contribution in [0, 0.1) is 0 Å². The van der Waals surface area contributed by atoms with Crippen LogP contribution in [-0.4, -0.2) is 53.5 Å². The number of aromatic hydroxyl groups is 1. The molecule has 4 aromatic carbocycles. The van der Waals surface area contributed by atoms with Crippen molar-refractivity contribution in [1.82, 2.24) is 16.0 Å². The van der Waals surface area contributed by atoms with Gasteiger partial charge in [-0.1, -0.05) is 91.0 Å². The number of phenolic OH excluding ortho intramolecular Hbond substituents is 1. The lowest BCUT2D eigenvalue weighted by Gasteiger charge is -2.25. The standard InChI is InChI=1S/C41H42N4O8/c42-21-11-10-18-33(41(51)52-26-29-16-8-3-9-17-29)43-38(48)35(23-28-14-6-2-7-15-28)45-39(49)34(22-27-12-4-1-5-13-27)44-37(47)32-24-30-19-20-31(46)25-36(30)53-40(32)50/h1-9,12-17,19-20,24-25,33-35,46H,10-11,18,21-23,26,42H2,(H,43,48)(H,44,47)(H,45,49)/t33-,34-,35-/m0/s1. The van der Waals surface area contributed by atoms with E-state index in [1.807, 2.05) is 42.5 Å². The Balaban J connectivity index is 1.38. The molecule has 0 aliphatic carbocycles. The fourth-order valence-electron chi connectivity index (χ4n) is 5.73. The molecule has 1 aromatic heterocycles. The van der Waals surface area contributed by atoms with E-state index in [1.54, 1.807) is 48.5 Å². The average molecular weight is 719 g/mol. The number of carbonyl (C=O) groups excluding carboxylic acids is 4. The summed E-state index contributed by atoms with van der Waals surface area (Å²) in [5, 5.41) is 18.4. The molecule has 12 heteroatoms. The highest BCUT2D eigenvalue weighted by molar-refractivity contribution is 6.00. The number of fused-ring (bicyclic) bond motifs is 1. The van der Waals surface area contributed by atoms with Gasteiger partial charge in [-0.3, -0.25) is 14.4 Å². The number of nitrogens with one attached hydrogen (secondary N) is 3. The lowest BCUT2D eigenvalue weighted by molar-refractivity contribution is -0.149. The first-order valence-corrected chi connectivity index (χ1v) is 17.4. The summed E-state index contributed by atoms with van der Waals surface area (Å²) in [6, 6.07) is 29.2. The third-order valence-corrected chi connectivity index (χ3v) is 8.56. The number of amides is 3. The second-order valence-corrected chi connectivity index (χ2v) is 12.6. The van der Waals surface area contributed by atoms with Crippen molar-refractivity contribution in [3.05, 3.63) is 148 Å². The summed E-state index contributed by atoms with van der Waals surface area (Å²) in [6.07, 6.45) is 1.54. The third kappa shape index (κ3) is 11.1. The van der Waals surface area contributed by atoms with Gasteiger partial charge in [0, 0.05) is 24.3 Å². The van der Waals surface area contributed by atoms with Crippen LogP contribution in [0.1, 0.15) is 46.3 Å². The van der Waals surface area contributed by atoms with Gasteiger partial charge in [0.05, 0.1) is 0 Å². The number of hydrogen-bond acceptors (Lipinski definition) is 9. The Morgan fingerprint density at radius 1 is 0.679 bits per heavy atom. The number of esters is 1. The normalized spacial score (nSPS) is 12.6. The number of carbonyl (C=O) groups is 4. The molecule has 0 aliphatic heterocycles. The molecule has 12 nitrogen and oxygen atoms in total. The van der Waals surface area contributed by atoms with E-state index >= 15 is 0 Å². The highest BCUT2D eigenvalue weighted by atomic mass is 16.5. The Morgan fingerprint density at radius 3 is 1.81 bits per heavy atom. The molecule has 1 heterocycles. The number of rotatable bonds is 17. The van der Waals surface area contributed by atoms with Crippen molar-refractivity contribution < 1.29 is 33.4 Å². The Morgan fingerprint density at radius 2 is 1.23 bits per heavy atom. The minimum Gasteiger partial charge on any atom is -0.508 e. The third-order valence-electron chi connectivity index (χ3n) is 8.56. The quantitative estimate of drug-likeness (QED) is 0.0539. The number of unbranched alkanes of at least 4 members (excludes halogenated alkanes) is 1. The van der Waals surface area contributed by atoms with E-state index in [-0.39, 0.29) is 42.8 Å². The predicted octanol–water partition coefficient (Wildman–Crippen LogP) is 3.92. The molecular weight excluding hydrogens is 676 g/mol. The molecular formula is C41H42N4O8. The van der Waals surface area contributed by atoms with Gasteiger partial charge >= 0.3 is 11.6 Å². The Bertz CT molecular complexity index is 2060. The monoisotopic (exact) mass is 718 g/mol. The zero-order valence-corrected chi connectivity index (χ0v) is 29.0. The van der Waals surface area contributed by atoms with Gasteiger partial charge in [-0.2, -0.15) is 0 Å². The van der Waals surface area contributed by atoms with Gasteiger partial charge in [-0.25, -0.2) is 9.59 Å². The molecule has 0 spiro atoms. The molecule has 3 amide bonds. The van der Waals surface area contributed by atoms with Gasteiger partial charge in [0.1, 0.15) is 41.6 Å². The van der Waals surface area contributed by atoms with E-state index in [2.05, 4.69) is 16.0 Å². The molecule has 53 heavy (non-hydrogen) atoms. The molecule has 274 valence electrons. The van der Waals surface area contributed by atoms with Crippen molar-refractivity contribution in [2.75, 3.05) is 6.54 Å². The number of ether oxygens (including phenoxy) is 1. The van der Waals surface area contributed by atoms with E-state index in [1.165, 1.54) is 24.3 Å². The molecule has 0 fully saturated rings. The van der Waals surface area contributed by atoms with Gasteiger partial charge in [0.2, 0.25) is 11.8 Å². The number of phenols is 1. The summed E-state index contributed by atoms with van der Waals surface area (Å²) in [7, 11) is 0. The van der Waals surface area contributed by atoms with E-state index in [4.69, 9.17) is 14.9 Å². The predicted molar refractivity (Wildman–Crippen MR) is 199 cm³/mol. The maximum atomic E-state index is 14.1. The van der Waals surface area contributed by atoms with Crippen LogP contribution < -0.4 is 27.3 Å². The Hall–Kier alpha value is -6.27. The highest BCUT2D eigenvalue weighted by Gasteiger charge is 2.31. The summed E-state index contributed by atoms with van der Waals surface area (Å²) < 4.78 is 10.8. The van der Waals surface area contributed by atoms with Crippen LogP contribution in [0.4, 0.5) is 0 Å². The maximum absolute atomic E-state index is 14.1. The molecule has 0 bridgehead atoms. The van der Waals surface area contributed by atoms with Crippen molar-refractivity contribution in [1.29, 1.82) is 0 Å². The molecule has 0 aliphatic rings. The molecule has 5 rings (SSSR count). The lowest BCUT2D eigenvalue weighted by atomic mass is 10.0. The Kier molecular flexibility index (Phi) is 13.5. The fraction of sp³-hybridized carbons (Fsp3) is 0.244. The second kappa shape index (κ2) is 18.8. The van der Waals surface area contributed by atoms with Crippen LogP contribution in [0.3, 0.4) is 0 Å². The van der Waals surface area contributed by atoms with Crippen molar-refractivity contribution in [3.63, 3.8) is 0 Å². The maximum Gasteiger partial charge on any atom is 0.349 e. The molecule has 5 aromatic rings. The summed E-state index contributed by atoms with van der Waals surface area (Å²) in [5.74, 6) is -2.92. The van der Waals surface area contributed by atoms with Crippen LogP contribution >= 0.6 is 0 Å². The lowest BCUT2D eigenvalue weighted by Crippen LogP contribution is -2.57. The first-order valence-electron chi connectivity index (χ1n) is 17.4. The number of nitrogens with two attached hydrogens (primary N) is 1. The van der Waals surface area contributed by atoms with Gasteiger partial charge in [-0.05, 0) is 60.7 Å². The van der Waals surface area contributed by atoms with Crippen molar-refractivity contribution >= 4 is 34.7 Å². The largest absolute Gasteiger partial charge is 0.508 e. The van der Waals surface area contributed by atoms with Crippen molar-refractivity contribution in [3.8, 4) is 5.75 Å². The minimum absolute atomic E-state index is 0.0199. The molecule has 0 saturated carbocycles. The van der Waals surface area contributed by atoms with E-state index in [0.29, 0.717) is 30.3 Å². The van der Waals surface area contributed by atoms with E-state index in [0.717, 1.165) is 11.1 Å². The topological polar surface area (TPSA) is 190 Å². The second-order valence-electron chi connectivity index (χ2n) is 12.6. The zero-order chi connectivity index (χ0) is 37.6. The van der Waals surface area contributed by atoms with Gasteiger partial charge < -0.3 is 35.9 Å². The minimum atomic E-state index is -1.23. The van der Waals surface area contributed by atoms with Gasteiger partial charge in [-0.15, -0.1) is 0 Å². The van der Waals surface area contributed by atoms with Crippen LogP contribution in [0.2, 0.25) is 0 Å². The smallest absolute Gasteiger partial charge is 0.349 e. The first kappa shape index (κ1) is 38.0. The van der Waals surface area contributed by atoms with E-state index in [9.17, 15) is 29.1 Å². The molecule has 6 N–H and O–H groups in total. The average Bonchev–Trinajstić information content (AvgIpc) is 3.16. The number of hydrogen-bond donors (Lipinski definition) is 5. The molecule has 3 atom stereocenters. The fourth-order valence-corrected chi connectivity index (χ4v) is 5.73. The highest BCUT2D eigenvalue weighted by Crippen LogP contribution is 2.19. The van der Waals surface area contributed by atoms with Gasteiger partial charge in [0.15, 0.2) is 0 Å². The van der Waals surface area contributed by atoms with Crippen LogP contribution in [0.15, 0.2) is 124 Å². The summed E-state index contributed by atoms with van der Waals surface area (Å²) in [4.78, 5) is 67.8. The Labute approximate surface area is 306 Å². The number of benzene rings is 4. The van der Waals surface area contributed by atoms with Crippen molar-refractivity contribution in [2.24, 2.45) is 5.73 Å². The SMILES string of the molecule is NCCCC[C@H](NC(=O)[C@H](Cc1ccccc1)NC(=O)[C@H](Cc1ccccc1)NC(=O)c1cc2ccc(O)cc2oc1=O)C(=O)OCc1ccccc1. The van der Waals surface area contributed by atoms with E-state index < -0.39 is 47.4 Å². The molecule has 0 saturated heterocycles. The molecule has 0 unspecified atom stereocenters. The molecule has 0 radical (unpaired) electrons. The summed E-state index contributed by atoms with van der Waals surface area (Å²) in [6.45, 7) is 0.428. The summed E-state index contributed by atoms with van der Waals surface area (Å²) >= 11 is 0. The zero-order valence-electron chi connectivity index (χ0n) is 29.0. The first-order chi connectivity index (χ1) is 25.7. The van der Waals surface area contributed by atoms with Gasteiger partial charge in [0.25, 0.3) is 5.91 Å². The van der Waals surface area contributed by atoms with Crippen LogP contribution in [0.25, 0.3) is 11.0 Å². The van der Waals surface area contributed by atoms with Crippen molar-refractivity contribution in [2.45, 2.75) is 56.8 Å². The van der Waals surface area contributed by atoms with Crippen LogP contribution in [0.5, 0.6) is 5.75 Å².